The molecule has 0 spiro atoms. The van der Waals surface area contributed by atoms with Crippen LogP contribution in [0.2, 0.25) is 0 Å². The lowest BCUT2D eigenvalue weighted by atomic mass is 10.00. The summed E-state index contributed by atoms with van der Waals surface area (Å²) in [6.07, 6.45) is 0.819. The first-order valence-corrected chi connectivity index (χ1v) is 9.66. The summed E-state index contributed by atoms with van der Waals surface area (Å²) in [6.45, 7) is 5.24. The van der Waals surface area contributed by atoms with Crippen molar-refractivity contribution in [3.05, 3.63) is 53.6 Å². The van der Waals surface area contributed by atoms with Crippen LogP contribution in [0.1, 0.15) is 31.0 Å². The second kappa shape index (κ2) is 7.90. The Morgan fingerprint density at radius 1 is 1.17 bits per heavy atom. The Kier molecular flexibility index (Phi) is 5.16. The average molecular weight is 392 g/mol. The van der Waals surface area contributed by atoms with Crippen LogP contribution >= 0.6 is 0 Å². The normalized spacial score (nSPS) is 13.3. The Bertz CT molecular complexity index is 1030. The molecular weight excluding hydrogens is 368 g/mol. The lowest BCUT2D eigenvalue weighted by Crippen LogP contribution is -2.39. The number of carbonyl (C=O) groups is 1. The molecule has 0 saturated carbocycles. The average Bonchev–Trinajstić information content (AvgIpc) is 3.23. The molecule has 1 N–H and O–H groups in total. The largest absolute Gasteiger partial charge is 0.497 e. The number of hydrogen-bond donors (Lipinski definition) is 1. The van der Waals surface area contributed by atoms with E-state index in [9.17, 15) is 4.79 Å². The van der Waals surface area contributed by atoms with E-state index in [1.54, 1.807) is 11.8 Å². The van der Waals surface area contributed by atoms with E-state index in [-0.39, 0.29) is 12.1 Å². The van der Waals surface area contributed by atoms with Crippen LogP contribution in [0.5, 0.6) is 5.75 Å². The van der Waals surface area contributed by atoms with Gasteiger partial charge < -0.3 is 15.0 Å². The number of fused-ring (bicyclic) bond motifs is 1. The van der Waals surface area contributed by atoms with Crippen molar-refractivity contribution in [2.75, 3.05) is 19.0 Å². The van der Waals surface area contributed by atoms with E-state index in [2.05, 4.69) is 26.9 Å². The van der Waals surface area contributed by atoms with Crippen molar-refractivity contribution in [1.82, 2.24) is 25.1 Å². The third kappa shape index (κ3) is 3.78. The number of methoxy groups -OCH3 is 1. The number of ether oxygens (including phenoxy) is 1. The quantitative estimate of drug-likeness (QED) is 0.734. The van der Waals surface area contributed by atoms with Gasteiger partial charge in [-0.1, -0.05) is 18.2 Å². The minimum absolute atomic E-state index is 0.109. The number of nitrogens with one attached hydrogen (secondary N) is 1. The Balaban J connectivity index is 1.56. The van der Waals surface area contributed by atoms with Gasteiger partial charge in [-0.15, -0.1) is 5.10 Å². The summed E-state index contributed by atoms with van der Waals surface area (Å²) < 4.78 is 7.06. The van der Waals surface area contributed by atoms with Crippen molar-refractivity contribution in [3.8, 4) is 17.1 Å². The lowest BCUT2D eigenvalue weighted by Gasteiger charge is -2.29. The predicted molar refractivity (Wildman–Crippen MR) is 110 cm³/mol. The van der Waals surface area contributed by atoms with Gasteiger partial charge in [-0.05, 0) is 66.1 Å². The highest BCUT2D eigenvalue weighted by molar-refractivity contribution is 5.93. The van der Waals surface area contributed by atoms with Gasteiger partial charge >= 0.3 is 6.03 Å². The predicted octanol–water partition coefficient (Wildman–Crippen LogP) is 3.52. The van der Waals surface area contributed by atoms with E-state index in [1.165, 1.54) is 5.56 Å². The van der Waals surface area contributed by atoms with Crippen LogP contribution in [0.3, 0.4) is 0 Å². The highest BCUT2D eigenvalue weighted by Gasteiger charge is 2.23. The van der Waals surface area contributed by atoms with Crippen LogP contribution < -0.4 is 10.1 Å². The van der Waals surface area contributed by atoms with Gasteiger partial charge in [-0.2, -0.15) is 0 Å². The minimum Gasteiger partial charge on any atom is -0.497 e. The molecule has 0 radical (unpaired) electrons. The van der Waals surface area contributed by atoms with Crippen molar-refractivity contribution >= 4 is 11.7 Å². The van der Waals surface area contributed by atoms with Crippen LogP contribution in [-0.2, 0) is 13.0 Å². The van der Waals surface area contributed by atoms with Gasteiger partial charge in [0, 0.05) is 18.7 Å². The number of hydrogen-bond acceptors (Lipinski definition) is 5. The number of rotatable bonds is 4. The van der Waals surface area contributed by atoms with E-state index in [4.69, 9.17) is 4.74 Å². The number of anilines is 1. The zero-order valence-corrected chi connectivity index (χ0v) is 16.8. The molecule has 29 heavy (non-hydrogen) atoms. The molecule has 2 heterocycles. The molecule has 1 aromatic heterocycles. The van der Waals surface area contributed by atoms with Crippen LogP contribution in [0.15, 0.2) is 42.5 Å². The maximum absolute atomic E-state index is 13.0. The van der Waals surface area contributed by atoms with E-state index in [0.717, 1.165) is 23.3 Å². The third-order valence-corrected chi connectivity index (χ3v) is 5.10. The van der Waals surface area contributed by atoms with E-state index < -0.39 is 0 Å². The molecule has 8 nitrogen and oxygen atoms in total. The molecule has 1 aliphatic heterocycles. The second-order valence-corrected chi connectivity index (χ2v) is 7.32. The number of amides is 2. The molecule has 0 fully saturated rings. The Hall–Kier alpha value is -3.42. The number of carbonyl (C=O) groups excluding carboxylic acids is 1. The molecule has 8 heteroatoms. The molecule has 2 aromatic carbocycles. The number of aromatic nitrogens is 4. The van der Waals surface area contributed by atoms with Crippen LogP contribution in [0.25, 0.3) is 11.4 Å². The second-order valence-electron chi connectivity index (χ2n) is 7.32. The van der Waals surface area contributed by atoms with Crippen LogP contribution in [-0.4, -0.2) is 44.8 Å². The van der Waals surface area contributed by atoms with Crippen LogP contribution in [0.4, 0.5) is 10.5 Å². The third-order valence-electron chi connectivity index (χ3n) is 5.10. The fourth-order valence-corrected chi connectivity index (χ4v) is 3.53. The number of nitrogens with zero attached hydrogens (tertiary/aromatic N) is 5. The van der Waals surface area contributed by atoms with Gasteiger partial charge in [-0.3, -0.25) is 0 Å². The first-order chi connectivity index (χ1) is 14.1. The van der Waals surface area contributed by atoms with Gasteiger partial charge in [0.15, 0.2) is 5.82 Å². The number of para-hydroxylation sites is 1. The molecule has 150 valence electrons. The molecule has 0 saturated heterocycles. The minimum atomic E-state index is -0.144. The Morgan fingerprint density at radius 2 is 2.00 bits per heavy atom. The summed E-state index contributed by atoms with van der Waals surface area (Å²) in [5, 5.41) is 15.1. The van der Waals surface area contributed by atoms with Crippen molar-refractivity contribution in [2.45, 2.75) is 32.9 Å². The summed E-state index contributed by atoms with van der Waals surface area (Å²) in [7, 11) is 1.65. The first-order valence-electron chi connectivity index (χ1n) is 9.66. The van der Waals surface area contributed by atoms with E-state index in [0.29, 0.717) is 24.6 Å². The lowest BCUT2D eigenvalue weighted by molar-refractivity contribution is 0.206. The van der Waals surface area contributed by atoms with Crippen molar-refractivity contribution in [2.24, 2.45) is 0 Å². The van der Waals surface area contributed by atoms with E-state index in [1.807, 2.05) is 55.1 Å². The SMILES string of the molecule is COc1ccc2c(c1)CN(C(=O)Nc1ccccc1-c1nnnn1C(C)C)CC2. The molecule has 0 atom stereocenters. The highest BCUT2D eigenvalue weighted by atomic mass is 16.5. The molecule has 0 aliphatic carbocycles. The van der Waals surface area contributed by atoms with Crippen molar-refractivity contribution in [3.63, 3.8) is 0 Å². The Labute approximate surface area is 169 Å². The summed E-state index contributed by atoms with van der Waals surface area (Å²) in [4.78, 5) is 14.8. The number of tetrazole rings is 1. The van der Waals surface area contributed by atoms with Gasteiger partial charge in [0.2, 0.25) is 0 Å². The highest BCUT2D eigenvalue weighted by Crippen LogP contribution is 2.28. The zero-order valence-electron chi connectivity index (χ0n) is 16.8. The van der Waals surface area contributed by atoms with Gasteiger partial charge in [0.1, 0.15) is 5.75 Å². The maximum Gasteiger partial charge on any atom is 0.322 e. The van der Waals surface area contributed by atoms with Gasteiger partial charge in [-0.25, -0.2) is 9.48 Å². The molecule has 0 bridgehead atoms. The number of benzene rings is 2. The molecule has 2 amide bonds. The summed E-state index contributed by atoms with van der Waals surface area (Å²) in [5.74, 6) is 1.43. The topological polar surface area (TPSA) is 85.2 Å². The molecular formula is C21H24N6O2. The summed E-state index contributed by atoms with van der Waals surface area (Å²) in [5.41, 5.74) is 3.85. The van der Waals surface area contributed by atoms with Crippen molar-refractivity contribution < 1.29 is 9.53 Å². The zero-order chi connectivity index (χ0) is 20.4. The molecule has 3 aromatic rings. The summed E-state index contributed by atoms with van der Waals surface area (Å²) in [6, 6.07) is 13.6. The monoisotopic (exact) mass is 392 g/mol. The van der Waals surface area contributed by atoms with Crippen LogP contribution in [0, 0.1) is 0 Å². The van der Waals surface area contributed by atoms with Crippen molar-refractivity contribution in [1.29, 1.82) is 0 Å². The standard InChI is InChI=1S/C21H24N6O2/c1-14(2)27-20(23-24-25-27)18-6-4-5-7-19(18)22-21(28)26-11-10-15-8-9-17(29-3)12-16(15)13-26/h4-9,12,14H,10-11,13H2,1-3H3,(H,22,28). The molecule has 4 rings (SSSR count). The van der Waals surface area contributed by atoms with Gasteiger partial charge in [0.25, 0.3) is 0 Å². The Morgan fingerprint density at radius 3 is 2.79 bits per heavy atom. The first kappa shape index (κ1) is 18.9. The number of urea groups is 1. The molecule has 0 unspecified atom stereocenters. The fourth-order valence-electron chi connectivity index (χ4n) is 3.53. The smallest absolute Gasteiger partial charge is 0.322 e. The summed E-state index contributed by atoms with van der Waals surface area (Å²) >= 11 is 0. The molecule has 1 aliphatic rings. The fraction of sp³-hybridized carbons (Fsp3) is 0.333. The maximum atomic E-state index is 13.0. The van der Waals surface area contributed by atoms with E-state index >= 15 is 0 Å². The van der Waals surface area contributed by atoms with Gasteiger partial charge in [0.05, 0.1) is 18.8 Å².